The Labute approximate surface area is 185 Å². The topological polar surface area (TPSA) is 12.4 Å². The van der Waals surface area contributed by atoms with Gasteiger partial charge in [-0.3, -0.25) is 0 Å². The molecule has 1 aliphatic heterocycles. The first kappa shape index (κ1) is 17.4. The molecule has 0 saturated carbocycles. The Bertz CT molecular complexity index is 1480. The van der Waals surface area contributed by atoms with Crippen LogP contribution in [-0.2, 0) is 0 Å². The molecule has 6 rings (SSSR count). The van der Waals surface area contributed by atoms with E-state index in [1.54, 1.807) is 0 Å². The van der Waals surface area contributed by atoms with Crippen LogP contribution in [0.1, 0.15) is 17.0 Å². The van der Waals surface area contributed by atoms with Gasteiger partial charge in [-0.15, -0.1) is 0 Å². The van der Waals surface area contributed by atoms with Crippen molar-refractivity contribution in [2.24, 2.45) is 4.99 Å². The quantitative estimate of drug-likeness (QED) is 0.241. The molecule has 0 N–H and O–H groups in total. The lowest BCUT2D eigenvalue weighted by Gasteiger charge is -2.20. The average Bonchev–Trinajstić information content (AvgIpc) is 3.13. The van der Waals surface area contributed by atoms with Crippen LogP contribution in [0.3, 0.4) is 0 Å². The second kappa shape index (κ2) is 6.51. The maximum atomic E-state index is 5.00. The highest BCUT2D eigenvalue weighted by atomic mass is 79.9. The fraction of sp³-hybridized carbons (Fsp3) is 0.0385. The van der Waals surface area contributed by atoms with Crippen molar-refractivity contribution in [2.75, 3.05) is 0 Å². The SMILES string of the molecule is BrC1=c2c(ccc3c2=Nc2cccc(Br)c2-3)C(c2ccc3ccccc3c2)C=C1. The Kier molecular flexibility index (Phi) is 3.90. The molecule has 0 amide bonds. The number of rotatable bonds is 1. The molecule has 1 atom stereocenters. The third kappa shape index (κ3) is 2.61. The van der Waals surface area contributed by atoms with Crippen LogP contribution in [0.5, 0.6) is 0 Å². The summed E-state index contributed by atoms with van der Waals surface area (Å²) in [5.74, 6) is 0.212. The van der Waals surface area contributed by atoms with Gasteiger partial charge in [0.2, 0.25) is 0 Å². The normalized spacial score (nSPS) is 16.3. The van der Waals surface area contributed by atoms with Gasteiger partial charge in [0, 0.05) is 31.2 Å². The lowest BCUT2D eigenvalue weighted by molar-refractivity contribution is 1.000. The maximum absolute atomic E-state index is 5.00. The highest BCUT2D eigenvalue weighted by molar-refractivity contribution is 9.15. The number of allylic oxidation sites excluding steroid dienone is 2. The molecule has 0 aromatic heterocycles. The summed E-state index contributed by atoms with van der Waals surface area (Å²) >= 11 is 7.51. The van der Waals surface area contributed by atoms with E-state index in [2.05, 4.69) is 111 Å². The van der Waals surface area contributed by atoms with Crippen LogP contribution in [0.15, 0.2) is 94.4 Å². The minimum atomic E-state index is 0.212. The molecule has 1 aliphatic carbocycles. The molecule has 3 heteroatoms. The van der Waals surface area contributed by atoms with E-state index in [4.69, 9.17) is 4.99 Å². The molecular weight excluding hydrogens is 486 g/mol. The molecular formula is C26H15Br2N. The van der Waals surface area contributed by atoms with E-state index in [-0.39, 0.29) is 5.92 Å². The summed E-state index contributed by atoms with van der Waals surface area (Å²) < 4.78 is 2.18. The van der Waals surface area contributed by atoms with Crippen molar-refractivity contribution in [1.82, 2.24) is 0 Å². The standard InChI is InChI=1S/C26H15Br2N/c27-21-6-3-7-23-24(21)20-11-10-19-18(12-13-22(28)25(19)26(20)29-23)17-9-8-15-4-1-2-5-16(15)14-17/h1-14,18H. The summed E-state index contributed by atoms with van der Waals surface area (Å²) in [6.07, 6.45) is 4.46. The minimum Gasteiger partial charge on any atom is -0.247 e. The van der Waals surface area contributed by atoms with Gasteiger partial charge in [0.1, 0.15) is 0 Å². The molecule has 4 aromatic rings. The average molecular weight is 501 g/mol. The third-order valence-corrected chi connectivity index (χ3v) is 7.17. The van der Waals surface area contributed by atoms with Gasteiger partial charge in [0.25, 0.3) is 0 Å². The fourth-order valence-electron chi connectivity index (χ4n) is 4.49. The van der Waals surface area contributed by atoms with Gasteiger partial charge in [-0.2, -0.15) is 0 Å². The van der Waals surface area contributed by atoms with Crippen molar-refractivity contribution in [3.05, 3.63) is 111 Å². The smallest absolute Gasteiger partial charge is 0.0803 e. The summed E-state index contributed by atoms with van der Waals surface area (Å²) in [5, 5.41) is 4.81. The molecule has 2 aliphatic rings. The second-order valence-electron chi connectivity index (χ2n) is 7.46. The molecule has 0 radical (unpaired) electrons. The van der Waals surface area contributed by atoms with Crippen LogP contribution in [0.2, 0.25) is 0 Å². The van der Waals surface area contributed by atoms with E-state index in [0.717, 1.165) is 20.0 Å². The van der Waals surface area contributed by atoms with Crippen molar-refractivity contribution in [3.8, 4) is 11.1 Å². The number of hydrogen-bond donors (Lipinski definition) is 0. The predicted octanol–water partition coefficient (Wildman–Crippen LogP) is 6.74. The Morgan fingerprint density at radius 3 is 2.55 bits per heavy atom. The second-order valence-corrected chi connectivity index (χ2v) is 9.17. The molecule has 1 unspecified atom stereocenters. The van der Waals surface area contributed by atoms with Crippen LogP contribution in [-0.4, -0.2) is 0 Å². The van der Waals surface area contributed by atoms with E-state index >= 15 is 0 Å². The Balaban J connectivity index is 1.60. The molecule has 4 aromatic carbocycles. The highest BCUT2D eigenvalue weighted by Gasteiger charge is 2.23. The molecule has 0 fully saturated rings. The minimum absolute atomic E-state index is 0.212. The Morgan fingerprint density at radius 1 is 0.793 bits per heavy atom. The van der Waals surface area contributed by atoms with Crippen molar-refractivity contribution in [2.45, 2.75) is 5.92 Å². The largest absolute Gasteiger partial charge is 0.247 e. The summed E-state index contributed by atoms with van der Waals surface area (Å²) in [6.45, 7) is 0. The van der Waals surface area contributed by atoms with E-state index in [9.17, 15) is 0 Å². The molecule has 29 heavy (non-hydrogen) atoms. The van der Waals surface area contributed by atoms with Crippen molar-refractivity contribution >= 4 is 52.8 Å². The number of nitrogens with zero attached hydrogens (tertiary/aromatic N) is 1. The Morgan fingerprint density at radius 2 is 1.66 bits per heavy atom. The van der Waals surface area contributed by atoms with E-state index in [0.29, 0.717) is 0 Å². The third-order valence-electron chi connectivity index (χ3n) is 5.84. The van der Waals surface area contributed by atoms with Gasteiger partial charge in [0.15, 0.2) is 0 Å². The zero-order valence-corrected chi connectivity index (χ0v) is 18.5. The molecule has 0 bridgehead atoms. The van der Waals surface area contributed by atoms with E-state index < -0.39 is 0 Å². The van der Waals surface area contributed by atoms with Crippen molar-refractivity contribution in [3.63, 3.8) is 0 Å². The van der Waals surface area contributed by atoms with Crippen LogP contribution in [0.25, 0.3) is 26.4 Å². The molecule has 138 valence electrons. The highest BCUT2D eigenvalue weighted by Crippen LogP contribution is 2.39. The first-order chi connectivity index (χ1) is 14.2. The number of benzene rings is 4. The van der Waals surface area contributed by atoms with Gasteiger partial charge < -0.3 is 0 Å². The zero-order valence-electron chi connectivity index (χ0n) is 15.4. The van der Waals surface area contributed by atoms with Gasteiger partial charge in [-0.25, -0.2) is 4.99 Å². The number of halogens is 2. The summed E-state index contributed by atoms with van der Waals surface area (Å²) in [5.41, 5.74) is 6.00. The van der Waals surface area contributed by atoms with Crippen LogP contribution in [0, 0.1) is 0 Å². The van der Waals surface area contributed by atoms with E-state index in [1.165, 1.54) is 38.2 Å². The molecule has 1 nitrogen and oxygen atoms in total. The van der Waals surface area contributed by atoms with Crippen LogP contribution < -0.4 is 10.6 Å². The Hall–Kier alpha value is -2.49. The van der Waals surface area contributed by atoms with Crippen LogP contribution >= 0.6 is 31.9 Å². The van der Waals surface area contributed by atoms with Gasteiger partial charge in [-0.1, -0.05) is 105 Å². The fourth-order valence-corrected chi connectivity index (χ4v) is 5.63. The summed E-state index contributed by atoms with van der Waals surface area (Å²) in [7, 11) is 0. The molecule has 0 saturated heterocycles. The van der Waals surface area contributed by atoms with Gasteiger partial charge >= 0.3 is 0 Å². The van der Waals surface area contributed by atoms with Crippen LogP contribution in [0.4, 0.5) is 5.69 Å². The predicted molar refractivity (Wildman–Crippen MR) is 127 cm³/mol. The maximum Gasteiger partial charge on any atom is 0.0803 e. The lowest BCUT2D eigenvalue weighted by Crippen LogP contribution is -2.33. The molecule has 1 heterocycles. The number of hydrogen-bond acceptors (Lipinski definition) is 1. The van der Waals surface area contributed by atoms with Crippen molar-refractivity contribution in [1.29, 1.82) is 0 Å². The molecule has 0 spiro atoms. The van der Waals surface area contributed by atoms with Gasteiger partial charge in [-0.05, 0) is 34.0 Å². The summed E-state index contributed by atoms with van der Waals surface area (Å²) in [4.78, 5) is 5.00. The van der Waals surface area contributed by atoms with Crippen molar-refractivity contribution < 1.29 is 0 Å². The summed E-state index contributed by atoms with van der Waals surface area (Å²) in [6, 6.07) is 26.0. The monoisotopic (exact) mass is 499 g/mol. The first-order valence-electron chi connectivity index (χ1n) is 9.58. The number of fused-ring (bicyclic) bond motifs is 6. The van der Waals surface area contributed by atoms with E-state index in [1.807, 2.05) is 6.07 Å². The zero-order chi connectivity index (χ0) is 19.5. The lowest BCUT2D eigenvalue weighted by atomic mass is 9.85. The first-order valence-corrected chi connectivity index (χ1v) is 11.2. The van der Waals surface area contributed by atoms with Gasteiger partial charge in [0.05, 0.1) is 11.0 Å².